The molecule has 24 heavy (non-hydrogen) atoms. The summed E-state index contributed by atoms with van der Waals surface area (Å²) in [6.45, 7) is 14.5. The predicted molar refractivity (Wildman–Crippen MR) is 112 cm³/mol. The second-order valence-electron chi connectivity index (χ2n) is 8.08. The van der Waals surface area contributed by atoms with Crippen LogP contribution in [0.25, 0.3) is 0 Å². The van der Waals surface area contributed by atoms with Crippen LogP contribution in [0.4, 0.5) is 0 Å². The third kappa shape index (κ3) is 7.85. The van der Waals surface area contributed by atoms with Crippen molar-refractivity contribution in [3.8, 4) is 0 Å². The highest BCUT2D eigenvalue weighted by Crippen LogP contribution is 2.46. The third-order valence-electron chi connectivity index (χ3n) is 5.46. The molecule has 142 valence electrons. The number of alkyl halides is 1. The maximum absolute atomic E-state index is 12.6. The lowest BCUT2D eigenvalue weighted by Crippen LogP contribution is -2.46. The van der Waals surface area contributed by atoms with Crippen molar-refractivity contribution < 1.29 is 4.79 Å². The molecular formula is C22H41BrO. The van der Waals surface area contributed by atoms with E-state index in [-0.39, 0.29) is 11.2 Å². The summed E-state index contributed by atoms with van der Waals surface area (Å²) in [6, 6.07) is 0. The Balaban J connectivity index is 4.07. The highest BCUT2D eigenvalue weighted by atomic mass is 79.9. The van der Waals surface area contributed by atoms with E-state index in [1.54, 1.807) is 0 Å². The highest BCUT2D eigenvalue weighted by Gasteiger charge is 2.46. The van der Waals surface area contributed by atoms with Crippen LogP contribution in [-0.4, -0.2) is 10.1 Å². The number of Topliss-reactive ketones (excluding diaryl/α,β-unsaturated/α-hetero) is 1. The molecule has 1 nitrogen and oxygen atoms in total. The van der Waals surface area contributed by atoms with Crippen molar-refractivity contribution in [3.63, 3.8) is 0 Å². The topological polar surface area (TPSA) is 17.1 Å². The van der Waals surface area contributed by atoms with Crippen LogP contribution in [0.1, 0.15) is 112 Å². The average molecular weight is 401 g/mol. The van der Waals surface area contributed by atoms with Crippen LogP contribution >= 0.6 is 15.9 Å². The van der Waals surface area contributed by atoms with Crippen molar-refractivity contribution in [1.29, 1.82) is 0 Å². The van der Waals surface area contributed by atoms with Crippen LogP contribution in [0.2, 0.25) is 0 Å². The van der Waals surface area contributed by atoms with Crippen molar-refractivity contribution in [3.05, 3.63) is 12.2 Å². The van der Waals surface area contributed by atoms with Crippen LogP contribution in [-0.2, 0) is 4.79 Å². The summed E-state index contributed by atoms with van der Waals surface area (Å²) in [7, 11) is 0. The van der Waals surface area contributed by atoms with Gasteiger partial charge in [0.25, 0.3) is 0 Å². The van der Waals surface area contributed by atoms with Gasteiger partial charge in [-0.3, -0.25) is 4.79 Å². The Morgan fingerprint density at radius 2 is 1.29 bits per heavy atom. The van der Waals surface area contributed by atoms with E-state index in [0.717, 1.165) is 12.8 Å². The van der Waals surface area contributed by atoms with Crippen molar-refractivity contribution in [2.45, 2.75) is 116 Å². The van der Waals surface area contributed by atoms with Gasteiger partial charge in [0.2, 0.25) is 0 Å². The molecule has 0 aliphatic rings. The Kier molecular flexibility index (Phi) is 12.2. The van der Waals surface area contributed by atoms with Gasteiger partial charge in [-0.1, -0.05) is 114 Å². The molecule has 0 N–H and O–H groups in total. The zero-order chi connectivity index (χ0) is 18.6. The number of allylic oxidation sites excluding steroid dienone is 1. The van der Waals surface area contributed by atoms with Gasteiger partial charge in [0.1, 0.15) is 0 Å². The Morgan fingerprint density at radius 3 is 1.67 bits per heavy atom. The summed E-state index contributed by atoms with van der Waals surface area (Å²) in [5.41, 5.74) is 0.614. The minimum Gasteiger partial charge on any atom is -0.293 e. The molecule has 0 spiro atoms. The molecule has 0 amide bonds. The Hall–Kier alpha value is -0.110. The number of hydrogen-bond acceptors (Lipinski definition) is 1. The second kappa shape index (κ2) is 12.3. The first-order valence-electron chi connectivity index (χ1n) is 10.1. The number of carbonyl (C=O) groups is 1. The van der Waals surface area contributed by atoms with Gasteiger partial charge in [0, 0.05) is 0 Å². The van der Waals surface area contributed by atoms with E-state index in [9.17, 15) is 4.79 Å². The van der Waals surface area contributed by atoms with Gasteiger partial charge < -0.3 is 0 Å². The lowest BCUT2D eigenvalue weighted by Gasteiger charge is -2.41. The van der Waals surface area contributed by atoms with Crippen LogP contribution in [0.15, 0.2) is 12.2 Å². The smallest absolute Gasteiger partial charge is 0.175 e. The van der Waals surface area contributed by atoms with Crippen LogP contribution < -0.4 is 0 Å². The summed E-state index contributed by atoms with van der Waals surface area (Å²) in [4.78, 5) is 12.6. The number of unbranched alkanes of at least 4 members (excludes halogenated alkanes) is 9. The number of rotatable bonds is 15. The molecule has 0 rings (SSSR count). The molecule has 2 heteroatoms. The summed E-state index contributed by atoms with van der Waals surface area (Å²) in [6.07, 6.45) is 15.4. The zero-order valence-electron chi connectivity index (χ0n) is 17.0. The second-order valence-corrected chi connectivity index (χ2v) is 9.43. The van der Waals surface area contributed by atoms with Crippen molar-refractivity contribution in [2.75, 3.05) is 0 Å². The summed E-state index contributed by atoms with van der Waals surface area (Å²) in [5, 5.41) is 0. The summed E-state index contributed by atoms with van der Waals surface area (Å²) >= 11 is 3.79. The fourth-order valence-corrected chi connectivity index (χ4v) is 4.07. The van der Waals surface area contributed by atoms with E-state index in [1.807, 2.05) is 6.92 Å². The number of carbonyl (C=O) groups excluding carboxylic acids is 1. The van der Waals surface area contributed by atoms with E-state index in [0.29, 0.717) is 5.57 Å². The molecule has 0 bridgehead atoms. The zero-order valence-corrected chi connectivity index (χ0v) is 18.6. The molecule has 0 aliphatic heterocycles. The lowest BCUT2D eigenvalue weighted by molar-refractivity contribution is -0.120. The fourth-order valence-electron chi connectivity index (χ4n) is 3.54. The highest BCUT2D eigenvalue weighted by molar-refractivity contribution is 9.10. The molecule has 0 radical (unpaired) electrons. The predicted octanol–water partition coefficient (Wildman–Crippen LogP) is 8.01. The van der Waals surface area contributed by atoms with Crippen molar-refractivity contribution >= 4 is 21.7 Å². The van der Waals surface area contributed by atoms with E-state index < -0.39 is 4.32 Å². The number of halogens is 1. The maximum atomic E-state index is 12.6. The molecule has 0 aromatic rings. The molecule has 0 aromatic heterocycles. The normalized spacial score (nSPS) is 14.4. The standard InChI is InChI=1S/C22H41BrO/c1-7-9-10-11-12-13-14-15-16-17-18-21(5,6)22(23,8-2)20(24)19(3)4/h3,7-18H2,1-2,4-6H3. The minimum absolute atomic E-state index is 0.0437. The quantitative estimate of drug-likeness (QED) is 0.154. The molecule has 0 heterocycles. The van der Waals surface area contributed by atoms with Gasteiger partial charge in [-0.25, -0.2) is 0 Å². The summed E-state index contributed by atoms with van der Waals surface area (Å²) in [5.74, 6) is 0.169. The molecule has 0 fully saturated rings. The molecule has 0 aromatic carbocycles. The van der Waals surface area contributed by atoms with Crippen LogP contribution in [0, 0.1) is 5.41 Å². The van der Waals surface area contributed by atoms with Crippen LogP contribution in [0.3, 0.4) is 0 Å². The van der Waals surface area contributed by atoms with E-state index in [1.165, 1.54) is 64.2 Å². The van der Waals surface area contributed by atoms with Gasteiger partial charge in [0.05, 0.1) is 4.32 Å². The minimum atomic E-state index is -0.467. The monoisotopic (exact) mass is 400 g/mol. The van der Waals surface area contributed by atoms with Gasteiger partial charge in [-0.15, -0.1) is 0 Å². The number of ketones is 1. The maximum Gasteiger partial charge on any atom is 0.175 e. The number of hydrogen-bond donors (Lipinski definition) is 0. The molecule has 1 unspecified atom stereocenters. The van der Waals surface area contributed by atoms with E-state index in [2.05, 4.69) is 50.2 Å². The van der Waals surface area contributed by atoms with Gasteiger partial charge in [-0.2, -0.15) is 0 Å². The average Bonchev–Trinajstić information content (AvgIpc) is 2.54. The van der Waals surface area contributed by atoms with Gasteiger partial charge in [0.15, 0.2) is 5.78 Å². The fraction of sp³-hybridized carbons (Fsp3) is 0.864. The van der Waals surface area contributed by atoms with Crippen molar-refractivity contribution in [2.24, 2.45) is 5.41 Å². The molecule has 0 saturated heterocycles. The Bertz CT molecular complexity index is 372. The molecule has 0 saturated carbocycles. The first-order chi connectivity index (χ1) is 11.2. The summed E-state index contributed by atoms with van der Waals surface area (Å²) < 4.78 is -0.467. The van der Waals surface area contributed by atoms with Crippen LogP contribution in [0.5, 0.6) is 0 Å². The first-order valence-corrected chi connectivity index (χ1v) is 10.9. The first kappa shape index (κ1) is 23.9. The molecule has 1 atom stereocenters. The molecule has 0 aliphatic carbocycles. The SMILES string of the molecule is C=C(C)C(=O)C(Br)(CC)C(C)(C)CCCCCCCCCCCC. The molecular weight excluding hydrogens is 360 g/mol. The van der Waals surface area contributed by atoms with Gasteiger partial charge in [-0.05, 0) is 30.8 Å². The van der Waals surface area contributed by atoms with E-state index in [4.69, 9.17) is 0 Å². The Labute approximate surface area is 160 Å². The lowest BCUT2D eigenvalue weighted by atomic mass is 9.70. The third-order valence-corrected chi connectivity index (χ3v) is 7.46. The van der Waals surface area contributed by atoms with Gasteiger partial charge >= 0.3 is 0 Å². The largest absolute Gasteiger partial charge is 0.293 e. The van der Waals surface area contributed by atoms with Crippen molar-refractivity contribution in [1.82, 2.24) is 0 Å². The van der Waals surface area contributed by atoms with E-state index >= 15 is 0 Å². The Morgan fingerprint density at radius 1 is 0.875 bits per heavy atom.